The highest BCUT2D eigenvalue weighted by molar-refractivity contribution is 6.30. The van der Waals surface area contributed by atoms with Gasteiger partial charge in [0.1, 0.15) is 11.6 Å². The Morgan fingerprint density at radius 3 is 2.89 bits per heavy atom. The SMILES string of the molecule is CC(Cc1ccco1)NCc1ccc(Cl)cc1F. The number of hydrogen-bond donors (Lipinski definition) is 1. The predicted octanol–water partition coefficient (Wildman–Crippen LogP) is 3.79. The maximum atomic E-state index is 13.5. The van der Waals surface area contributed by atoms with Gasteiger partial charge in [-0.2, -0.15) is 0 Å². The first kappa shape index (κ1) is 13.1. The van der Waals surface area contributed by atoms with Crippen LogP contribution in [0, 0.1) is 5.82 Å². The quantitative estimate of drug-likeness (QED) is 0.892. The van der Waals surface area contributed by atoms with Crippen molar-refractivity contribution in [2.45, 2.75) is 25.9 Å². The van der Waals surface area contributed by atoms with Gasteiger partial charge < -0.3 is 9.73 Å². The van der Waals surface area contributed by atoms with E-state index in [2.05, 4.69) is 5.32 Å². The first-order valence-corrected chi connectivity index (χ1v) is 6.22. The molecule has 0 aliphatic rings. The molecule has 0 amide bonds. The van der Waals surface area contributed by atoms with Gasteiger partial charge in [-0.1, -0.05) is 17.7 Å². The highest BCUT2D eigenvalue weighted by Crippen LogP contribution is 2.14. The topological polar surface area (TPSA) is 25.2 Å². The Hall–Kier alpha value is -1.32. The lowest BCUT2D eigenvalue weighted by molar-refractivity contribution is 0.453. The van der Waals surface area contributed by atoms with Crippen LogP contribution in [-0.4, -0.2) is 6.04 Å². The zero-order valence-corrected chi connectivity index (χ0v) is 10.9. The molecule has 1 aromatic heterocycles. The predicted molar refractivity (Wildman–Crippen MR) is 70.1 cm³/mol. The highest BCUT2D eigenvalue weighted by Gasteiger charge is 2.07. The summed E-state index contributed by atoms with van der Waals surface area (Å²) in [6.07, 6.45) is 2.43. The first-order chi connectivity index (χ1) is 8.65. The van der Waals surface area contributed by atoms with Crippen LogP contribution in [0.25, 0.3) is 0 Å². The van der Waals surface area contributed by atoms with E-state index >= 15 is 0 Å². The molecule has 1 atom stereocenters. The van der Waals surface area contributed by atoms with Crippen molar-refractivity contribution >= 4 is 11.6 Å². The monoisotopic (exact) mass is 267 g/mol. The molecule has 0 radical (unpaired) electrons. The number of nitrogens with one attached hydrogen (secondary N) is 1. The second kappa shape index (κ2) is 6.03. The maximum absolute atomic E-state index is 13.5. The average Bonchev–Trinajstić information content (AvgIpc) is 2.80. The minimum absolute atomic E-state index is 0.214. The van der Waals surface area contributed by atoms with E-state index in [1.54, 1.807) is 18.4 Å². The summed E-state index contributed by atoms with van der Waals surface area (Å²) in [5, 5.41) is 3.67. The highest BCUT2D eigenvalue weighted by atomic mass is 35.5. The van der Waals surface area contributed by atoms with Gasteiger partial charge in [0.05, 0.1) is 6.26 Å². The Morgan fingerprint density at radius 2 is 2.22 bits per heavy atom. The molecule has 1 N–H and O–H groups in total. The molecule has 96 valence electrons. The van der Waals surface area contributed by atoms with Crippen molar-refractivity contribution in [3.8, 4) is 0 Å². The number of rotatable bonds is 5. The Bertz CT molecular complexity index is 499. The van der Waals surface area contributed by atoms with Gasteiger partial charge in [0, 0.05) is 29.6 Å². The van der Waals surface area contributed by atoms with E-state index in [0.717, 1.165) is 12.2 Å². The third-order valence-electron chi connectivity index (χ3n) is 2.74. The van der Waals surface area contributed by atoms with Crippen LogP contribution in [0.4, 0.5) is 4.39 Å². The van der Waals surface area contributed by atoms with Crippen LogP contribution in [0.3, 0.4) is 0 Å². The minimum Gasteiger partial charge on any atom is -0.469 e. The molecule has 18 heavy (non-hydrogen) atoms. The fraction of sp³-hybridized carbons (Fsp3) is 0.286. The zero-order valence-electron chi connectivity index (χ0n) is 10.1. The number of hydrogen-bond acceptors (Lipinski definition) is 2. The Balaban J connectivity index is 1.87. The van der Waals surface area contributed by atoms with E-state index in [9.17, 15) is 4.39 Å². The molecule has 0 spiro atoms. The van der Waals surface area contributed by atoms with Gasteiger partial charge in [-0.05, 0) is 31.2 Å². The molecule has 0 saturated heterocycles. The van der Waals surface area contributed by atoms with Crippen LogP contribution < -0.4 is 5.32 Å². The van der Waals surface area contributed by atoms with Crippen molar-refractivity contribution in [1.82, 2.24) is 5.32 Å². The standard InChI is InChI=1S/C14H15ClFNO/c1-10(7-13-3-2-6-18-13)17-9-11-4-5-12(15)8-14(11)16/h2-6,8,10,17H,7,9H2,1H3. The third kappa shape index (κ3) is 3.59. The van der Waals surface area contributed by atoms with E-state index in [1.807, 2.05) is 19.1 Å². The molecule has 4 heteroatoms. The van der Waals surface area contributed by atoms with Crippen LogP contribution in [0.5, 0.6) is 0 Å². The molecule has 2 aromatic rings. The first-order valence-electron chi connectivity index (χ1n) is 5.85. The second-order valence-corrected chi connectivity index (χ2v) is 4.74. The molecule has 1 aromatic carbocycles. The molecule has 1 heterocycles. The van der Waals surface area contributed by atoms with Crippen LogP contribution in [0.15, 0.2) is 41.0 Å². The third-order valence-corrected chi connectivity index (χ3v) is 2.98. The summed E-state index contributed by atoms with van der Waals surface area (Å²) in [6.45, 7) is 2.52. The lowest BCUT2D eigenvalue weighted by Crippen LogP contribution is -2.27. The van der Waals surface area contributed by atoms with Crippen molar-refractivity contribution < 1.29 is 8.81 Å². The molecule has 0 fully saturated rings. The minimum atomic E-state index is -0.278. The zero-order chi connectivity index (χ0) is 13.0. The van der Waals surface area contributed by atoms with Crippen molar-refractivity contribution in [1.29, 1.82) is 0 Å². The fourth-order valence-electron chi connectivity index (χ4n) is 1.75. The second-order valence-electron chi connectivity index (χ2n) is 4.30. The van der Waals surface area contributed by atoms with E-state index in [1.165, 1.54) is 6.07 Å². The summed E-state index contributed by atoms with van der Waals surface area (Å²) in [4.78, 5) is 0. The molecule has 2 nitrogen and oxygen atoms in total. The normalized spacial score (nSPS) is 12.6. The van der Waals surface area contributed by atoms with Crippen molar-refractivity contribution in [2.75, 3.05) is 0 Å². The van der Waals surface area contributed by atoms with Crippen LogP contribution in [-0.2, 0) is 13.0 Å². The molecule has 0 saturated carbocycles. The van der Waals surface area contributed by atoms with E-state index in [-0.39, 0.29) is 11.9 Å². The summed E-state index contributed by atoms with van der Waals surface area (Å²) in [6, 6.07) is 8.73. The Morgan fingerprint density at radius 1 is 1.39 bits per heavy atom. The molecular weight excluding hydrogens is 253 g/mol. The smallest absolute Gasteiger partial charge is 0.129 e. The Labute approximate surface area is 111 Å². The van der Waals surface area contributed by atoms with Crippen molar-refractivity contribution in [2.24, 2.45) is 0 Å². The summed E-state index contributed by atoms with van der Waals surface area (Å²) >= 11 is 5.70. The van der Waals surface area contributed by atoms with Crippen LogP contribution >= 0.6 is 11.6 Å². The summed E-state index contributed by atoms with van der Waals surface area (Å²) < 4.78 is 18.8. The molecule has 1 unspecified atom stereocenters. The van der Waals surface area contributed by atoms with Gasteiger partial charge >= 0.3 is 0 Å². The molecule has 0 aliphatic carbocycles. The number of halogens is 2. The Kier molecular flexibility index (Phi) is 4.39. The van der Waals surface area contributed by atoms with Gasteiger partial charge in [-0.3, -0.25) is 0 Å². The molecule has 0 bridgehead atoms. The number of furan rings is 1. The molecular formula is C14H15ClFNO. The van der Waals surface area contributed by atoms with Gasteiger partial charge in [0.15, 0.2) is 0 Å². The van der Waals surface area contributed by atoms with Crippen LogP contribution in [0.1, 0.15) is 18.2 Å². The lowest BCUT2D eigenvalue weighted by Gasteiger charge is -2.13. The largest absolute Gasteiger partial charge is 0.469 e. The average molecular weight is 268 g/mol. The van der Waals surface area contributed by atoms with Gasteiger partial charge in [0.2, 0.25) is 0 Å². The van der Waals surface area contributed by atoms with Crippen molar-refractivity contribution in [3.63, 3.8) is 0 Å². The lowest BCUT2D eigenvalue weighted by atomic mass is 10.1. The van der Waals surface area contributed by atoms with E-state index in [4.69, 9.17) is 16.0 Å². The van der Waals surface area contributed by atoms with Gasteiger partial charge in [-0.15, -0.1) is 0 Å². The van der Waals surface area contributed by atoms with Gasteiger partial charge in [0.25, 0.3) is 0 Å². The summed E-state index contributed by atoms with van der Waals surface area (Å²) in [5.41, 5.74) is 0.616. The number of benzene rings is 1. The summed E-state index contributed by atoms with van der Waals surface area (Å²) in [7, 11) is 0. The van der Waals surface area contributed by atoms with E-state index in [0.29, 0.717) is 17.1 Å². The molecule has 0 aliphatic heterocycles. The van der Waals surface area contributed by atoms with Crippen LogP contribution in [0.2, 0.25) is 5.02 Å². The maximum Gasteiger partial charge on any atom is 0.129 e. The van der Waals surface area contributed by atoms with Gasteiger partial charge in [-0.25, -0.2) is 4.39 Å². The fourth-order valence-corrected chi connectivity index (χ4v) is 1.91. The van der Waals surface area contributed by atoms with E-state index < -0.39 is 0 Å². The summed E-state index contributed by atoms with van der Waals surface area (Å²) in [5.74, 6) is 0.645. The molecule has 2 rings (SSSR count). The van der Waals surface area contributed by atoms with Crippen molar-refractivity contribution in [3.05, 3.63) is 58.8 Å².